The molecule has 0 aliphatic carbocycles. The molecule has 2 amide bonds. The lowest BCUT2D eigenvalue weighted by Crippen LogP contribution is -2.57. The summed E-state index contributed by atoms with van der Waals surface area (Å²) in [5.74, 6) is -0.207. The average molecular weight is 405 g/mol. The first-order valence-corrected chi connectivity index (χ1v) is 10.3. The average Bonchev–Trinajstić information content (AvgIpc) is 3.41. The van der Waals surface area contributed by atoms with Gasteiger partial charge in [-0.05, 0) is 32.2 Å². The van der Waals surface area contributed by atoms with Crippen LogP contribution in [-0.4, -0.2) is 67.7 Å². The van der Waals surface area contributed by atoms with Crippen molar-refractivity contribution in [1.82, 2.24) is 35.3 Å². The number of aromatic nitrogens is 4. The predicted octanol–water partition coefficient (Wildman–Crippen LogP) is -0.140. The lowest BCUT2D eigenvalue weighted by atomic mass is 9.84. The predicted molar refractivity (Wildman–Crippen MR) is 104 cm³/mol. The summed E-state index contributed by atoms with van der Waals surface area (Å²) in [6.45, 7) is 2.61. The topological polar surface area (TPSA) is 131 Å². The Hall–Kier alpha value is -2.53. The van der Waals surface area contributed by atoms with Crippen molar-refractivity contribution in [3.8, 4) is 0 Å². The third-order valence-corrected chi connectivity index (χ3v) is 6.18. The first-order valence-electron chi connectivity index (χ1n) is 9.44. The van der Waals surface area contributed by atoms with Crippen molar-refractivity contribution in [2.24, 2.45) is 0 Å². The number of thiazole rings is 1. The van der Waals surface area contributed by atoms with E-state index in [0.717, 1.165) is 25.8 Å². The van der Waals surface area contributed by atoms with Gasteiger partial charge in [0, 0.05) is 24.5 Å². The van der Waals surface area contributed by atoms with Crippen molar-refractivity contribution >= 4 is 28.3 Å². The third kappa shape index (κ3) is 3.72. The number of nitrogens with one attached hydrogen (secondary N) is 2. The van der Waals surface area contributed by atoms with Gasteiger partial charge in [0.25, 0.3) is 5.91 Å². The zero-order valence-corrected chi connectivity index (χ0v) is 16.3. The van der Waals surface area contributed by atoms with Gasteiger partial charge in [0.15, 0.2) is 5.13 Å². The van der Waals surface area contributed by atoms with Gasteiger partial charge in [-0.25, -0.2) is 9.97 Å². The highest BCUT2D eigenvalue weighted by atomic mass is 32.1. The maximum absolute atomic E-state index is 13.1. The Labute approximate surface area is 166 Å². The number of hydrogen-bond donors (Lipinski definition) is 3. The van der Waals surface area contributed by atoms with Gasteiger partial charge in [0.1, 0.15) is 23.9 Å². The Morgan fingerprint density at radius 1 is 1.39 bits per heavy atom. The second-order valence-corrected chi connectivity index (χ2v) is 8.18. The maximum Gasteiger partial charge on any atom is 0.271 e. The Balaban J connectivity index is 1.39. The standard InChI is InChI=1S/C17H24N8O2S/c18-16-23-13(9-28-16)14(26)22-12-7-17(3-1-2-5-24(17)8-12)15(27)20-4-6-25-11-19-10-21-25/h9-12H,1-8H2,(H2,18,23)(H,20,27)(H,22,26)/t12-,17-/m0/s1. The lowest BCUT2D eigenvalue weighted by Gasteiger charge is -2.40. The van der Waals surface area contributed by atoms with Crippen LogP contribution in [0.1, 0.15) is 36.2 Å². The van der Waals surface area contributed by atoms with Crippen molar-refractivity contribution < 1.29 is 9.59 Å². The minimum Gasteiger partial charge on any atom is -0.375 e. The molecule has 2 fully saturated rings. The Morgan fingerprint density at radius 3 is 3.04 bits per heavy atom. The van der Waals surface area contributed by atoms with E-state index < -0.39 is 5.54 Å². The van der Waals surface area contributed by atoms with Gasteiger partial charge in [-0.1, -0.05) is 0 Å². The molecular weight excluding hydrogens is 380 g/mol. The number of piperidine rings is 1. The normalized spacial score (nSPS) is 24.6. The number of carbonyl (C=O) groups is 2. The molecule has 11 heteroatoms. The van der Waals surface area contributed by atoms with E-state index in [4.69, 9.17) is 5.73 Å². The molecule has 10 nitrogen and oxygen atoms in total. The second kappa shape index (κ2) is 7.84. The molecule has 0 unspecified atom stereocenters. The zero-order valence-electron chi connectivity index (χ0n) is 15.5. The summed E-state index contributed by atoms with van der Waals surface area (Å²) < 4.78 is 1.69. The molecular formula is C17H24N8O2S. The van der Waals surface area contributed by atoms with E-state index in [1.807, 2.05) is 0 Å². The summed E-state index contributed by atoms with van der Waals surface area (Å²) in [5, 5.41) is 12.2. The number of anilines is 1. The van der Waals surface area contributed by atoms with Gasteiger partial charge in [-0.15, -0.1) is 11.3 Å². The molecule has 28 heavy (non-hydrogen) atoms. The SMILES string of the molecule is Nc1nc(C(=O)N[C@@H]2CN3CCCC[C@@]3(C(=O)NCCn3cncn3)C2)cs1. The minimum atomic E-state index is -0.556. The summed E-state index contributed by atoms with van der Waals surface area (Å²) in [6.07, 6.45) is 6.59. The molecule has 0 saturated carbocycles. The number of fused-ring (bicyclic) bond motifs is 1. The zero-order chi connectivity index (χ0) is 19.6. The van der Waals surface area contributed by atoms with Gasteiger partial charge in [-0.3, -0.25) is 19.2 Å². The molecule has 4 heterocycles. The summed E-state index contributed by atoms with van der Waals surface area (Å²) >= 11 is 1.24. The van der Waals surface area contributed by atoms with Crippen LogP contribution in [0.25, 0.3) is 0 Å². The van der Waals surface area contributed by atoms with Crippen LogP contribution in [0, 0.1) is 0 Å². The van der Waals surface area contributed by atoms with E-state index in [-0.39, 0.29) is 17.9 Å². The van der Waals surface area contributed by atoms with Crippen LogP contribution in [0.5, 0.6) is 0 Å². The molecule has 2 atom stereocenters. The van der Waals surface area contributed by atoms with Crippen molar-refractivity contribution in [3.63, 3.8) is 0 Å². The fourth-order valence-corrected chi connectivity index (χ4v) is 4.77. The second-order valence-electron chi connectivity index (χ2n) is 7.29. The van der Waals surface area contributed by atoms with Crippen LogP contribution in [0.4, 0.5) is 5.13 Å². The van der Waals surface area contributed by atoms with Crippen LogP contribution < -0.4 is 16.4 Å². The van der Waals surface area contributed by atoms with Gasteiger partial charge in [0.05, 0.1) is 6.54 Å². The fraction of sp³-hybridized carbons (Fsp3) is 0.588. The molecule has 0 bridgehead atoms. The summed E-state index contributed by atoms with van der Waals surface area (Å²) in [6, 6.07) is -0.0883. The molecule has 2 aliphatic heterocycles. The molecule has 2 saturated heterocycles. The van der Waals surface area contributed by atoms with E-state index >= 15 is 0 Å². The van der Waals surface area contributed by atoms with E-state index in [2.05, 4.69) is 30.6 Å². The third-order valence-electron chi connectivity index (χ3n) is 5.50. The smallest absolute Gasteiger partial charge is 0.271 e. The van der Waals surface area contributed by atoms with Crippen LogP contribution >= 0.6 is 11.3 Å². The first kappa shape index (κ1) is 18.8. The van der Waals surface area contributed by atoms with E-state index in [1.165, 1.54) is 17.7 Å². The molecule has 0 aromatic carbocycles. The molecule has 2 aliphatic rings. The molecule has 0 radical (unpaired) electrons. The molecule has 0 spiro atoms. The largest absolute Gasteiger partial charge is 0.375 e. The molecule has 2 aromatic heterocycles. The molecule has 4 rings (SSSR count). The van der Waals surface area contributed by atoms with Gasteiger partial charge >= 0.3 is 0 Å². The highest BCUT2D eigenvalue weighted by molar-refractivity contribution is 7.13. The van der Waals surface area contributed by atoms with E-state index in [1.54, 1.807) is 16.4 Å². The van der Waals surface area contributed by atoms with Crippen LogP contribution in [-0.2, 0) is 11.3 Å². The maximum atomic E-state index is 13.1. The van der Waals surface area contributed by atoms with Crippen molar-refractivity contribution in [2.45, 2.75) is 43.8 Å². The van der Waals surface area contributed by atoms with Gasteiger partial charge < -0.3 is 16.4 Å². The van der Waals surface area contributed by atoms with Crippen LogP contribution in [0.15, 0.2) is 18.0 Å². The number of hydrogen-bond acceptors (Lipinski definition) is 8. The number of nitrogens with zero attached hydrogens (tertiary/aromatic N) is 5. The van der Waals surface area contributed by atoms with E-state index in [9.17, 15) is 9.59 Å². The number of amides is 2. The molecule has 150 valence electrons. The summed E-state index contributed by atoms with van der Waals surface area (Å²) in [7, 11) is 0. The Bertz CT molecular complexity index is 838. The molecule has 2 aromatic rings. The number of nitrogens with two attached hydrogens (primary N) is 1. The van der Waals surface area contributed by atoms with Crippen LogP contribution in [0.3, 0.4) is 0 Å². The highest BCUT2D eigenvalue weighted by Crippen LogP contribution is 2.38. The minimum absolute atomic E-state index is 0.0296. The van der Waals surface area contributed by atoms with Crippen LogP contribution in [0.2, 0.25) is 0 Å². The summed E-state index contributed by atoms with van der Waals surface area (Å²) in [5.41, 5.74) is 5.39. The number of rotatable bonds is 6. The van der Waals surface area contributed by atoms with Crippen molar-refractivity contribution in [3.05, 3.63) is 23.7 Å². The summed E-state index contributed by atoms with van der Waals surface area (Å²) in [4.78, 5) is 35.7. The van der Waals surface area contributed by atoms with Crippen molar-refractivity contribution in [1.29, 1.82) is 0 Å². The van der Waals surface area contributed by atoms with Crippen molar-refractivity contribution in [2.75, 3.05) is 25.4 Å². The highest BCUT2D eigenvalue weighted by Gasteiger charge is 2.52. The lowest BCUT2D eigenvalue weighted by molar-refractivity contribution is -0.133. The fourth-order valence-electron chi connectivity index (χ4n) is 4.22. The monoisotopic (exact) mass is 404 g/mol. The Morgan fingerprint density at radius 2 is 2.29 bits per heavy atom. The Kier molecular flexibility index (Phi) is 5.27. The van der Waals surface area contributed by atoms with E-state index in [0.29, 0.717) is 36.9 Å². The number of carbonyl (C=O) groups excluding carboxylic acids is 2. The number of nitrogen functional groups attached to an aromatic ring is 1. The van der Waals surface area contributed by atoms with Gasteiger partial charge in [0.2, 0.25) is 5.91 Å². The molecule has 4 N–H and O–H groups in total. The quantitative estimate of drug-likeness (QED) is 0.611. The van der Waals surface area contributed by atoms with Gasteiger partial charge in [-0.2, -0.15) is 5.10 Å². The first-order chi connectivity index (χ1) is 13.6.